The molecule has 0 radical (unpaired) electrons. The van der Waals surface area contributed by atoms with E-state index in [9.17, 15) is 9.59 Å². The zero-order valence-corrected chi connectivity index (χ0v) is 10.8. The van der Waals surface area contributed by atoms with Gasteiger partial charge in [0.05, 0.1) is 23.4 Å². The summed E-state index contributed by atoms with van der Waals surface area (Å²) in [6, 6.07) is 0. The molecule has 0 aliphatic carbocycles. The Labute approximate surface area is 112 Å². The van der Waals surface area contributed by atoms with Crippen LogP contribution in [0.15, 0.2) is 11.6 Å². The van der Waals surface area contributed by atoms with Crippen molar-refractivity contribution in [3.05, 3.63) is 28.0 Å². The predicted octanol–water partition coefficient (Wildman–Crippen LogP) is 0.0576. The topological polar surface area (TPSA) is 110 Å². The van der Waals surface area contributed by atoms with Crippen molar-refractivity contribution >= 4 is 23.2 Å². The number of aromatic nitrogens is 4. The van der Waals surface area contributed by atoms with Gasteiger partial charge in [0.2, 0.25) is 0 Å². The van der Waals surface area contributed by atoms with E-state index in [0.29, 0.717) is 6.54 Å². The Kier molecular flexibility index (Phi) is 3.85. The van der Waals surface area contributed by atoms with Crippen LogP contribution in [0.25, 0.3) is 0 Å². The molecule has 0 saturated heterocycles. The van der Waals surface area contributed by atoms with E-state index in [4.69, 9.17) is 5.11 Å². The quantitative estimate of drug-likeness (QED) is 0.801. The van der Waals surface area contributed by atoms with E-state index in [2.05, 4.69) is 20.6 Å². The van der Waals surface area contributed by atoms with Crippen LogP contribution in [0, 0.1) is 6.92 Å². The van der Waals surface area contributed by atoms with Crippen molar-refractivity contribution < 1.29 is 14.7 Å². The van der Waals surface area contributed by atoms with E-state index in [1.54, 1.807) is 0 Å². The third kappa shape index (κ3) is 3.58. The summed E-state index contributed by atoms with van der Waals surface area (Å²) in [6.45, 7) is 1.86. The highest BCUT2D eigenvalue weighted by molar-refractivity contribution is 7.09. The Balaban J connectivity index is 1.92. The van der Waals surface area contributed by atoms with E-state index in [-0.39, 0.29) is 12.2 Å². The maximum absolute atomic E-state index is 11.7. The van der Waals surface area contributed by atoms with Gasteiger partial charge in [-0.05, 0) is 6.92 Å². The minimum atomic E-state index is -1.05. The van der Waals surface area contributed by atoms with Crippen LogP contribution in [0.4, 0.5) is 0 Å². The molecule has 0 aromatic carbocycles. The zero-order chi connectivity index (χ0) is 13.8. The SMILES string of the molecule is Cc1nc(CNC(=O)c2cn(CC(=O)O)nn2)cs1. The number of aryl methyl sites for hydroxylation is 1. The Morgan fingerprint density at radius 3 is 2.95 bits per heavy atom. The molecule has 19 heavy (non-hydrogen) atoms. The number of nitrogens with one attached hydrogen (secondary N) is 1. The van der Waals surface area contributed by atoms with Crippen molar-refractivity contribution in [2.75, 3.05) is 0 Å². The summed E-state index contributed by atoms with van der Waals surface area (Å²) in [6.07, 6.45) is 1.29. The van der Waals surface area contributed by atoms with Crippen LogP contribution in [0.5, 0.6) is 0 Å². The zero-order valence-electron chi connectivity index (χ0n) is 10.0. The van der Waals surface area contributed by atoms with Crippen LogP contribution in [0.1, 0.15) is 21.2 Å². The van der Waals surface area contributed by atoms with Gasteiger partial charge in [-0.15, -0.1) is 16.4 Å². The second-order valence-electron chi connectivity index (χ2n) is 3.74. The molecule has 0 saturated carbocycles. The molecule has 0 spiro atoms. The van der Waals surface area contributed by atoms with Crippen LogP contribution in [-0.2, 0) is 17.9 Å². The van der Waals surface area contributed by atoms with Gasteiger partial charge in [0, 0.05) is 5.38 Å². The van der Waals surface area contributed by atoms with Gasteiger partial charge >= 0.3 is 5.97 Å². The predicted molar refractivity (Wildman–Crippen MR) is 65.7 cm³/mol. The number of carboxylic acids is 1. The summed E-state index contributed by atoms with van der Waals surface area (Å²) in [4.78, 5) is 26.4. The fourth-order valence-corrected chi connectivity index (χ4v) is 1.98. The van der Waals surface area contributed by atoms with Crippen LogP contribution in [-0.4, -0.2) is 37.0 Å². The molecule has 9 heteroatoms. The number of rotatable bonds is 5. The number of thiazole rings is 1. The molecule has 0 unspecified atom stereocenters. The fraction of sp³-hybridized carbons (Fsp3) is 0.300. The lowest BCUT2D eigenvalue weighted by atomic mass is 10.4. The number of nitrogens with zero attached hydrogens (tertiary/aromatic N) is 4. The molecule has 8 nitrogen and oxygen atoms in total. The van der Waals surface area contributed by atoms with Gasteiger partial charge in [0.25, 0.3) is 5.91 Å². The Hall–Kier alpha value is -2.29. The van der Waals surface area contributed by atoms with Gasteiger partial charge in [-0.25, -0.2) is 9.67 Å². The highest BCUT2D eigenvalue weighted by atomic mass is 32.1. The number of hydrogen-bond donors (Lipinski definition) is 2. The van der Waals surface area contributed by atoms with Crippen molar-refractivity contribution in [3.8, 4) is 0 Å². The van der Waals surface area contributed by atoms with Gasteiger partial charge in [-0.1, -0.05) is 5.21 Å². The summed E-state index contributed by atoms with van der Waals surface area (Å²) in [5.41, 5.74) is 0.849. The smallest absolute Gasteiger partial charge is 0.325 e. The van der Waals surface area contributed by atoms with E-state index in [1.165, 1.54) is 17.5 Å². The summed E-state index contributed by atoms with van der Waals surface area (Å²) in [5, 5.41) is 21.1. The average molecular weight is 281 g/mol. The number of carbonyl (C=O) groups is 2. The van der Waals surface area contributed by atoms with Gasteiger partial charge in [0.1, 0.15) is 6.54 Å². The first kappa shape index (κ1) is 13.1. The first-order valence-electron chi connectivity index (χ1n) is 5.35. The monoisotopic (exact) mass is 281 g/mol. The van der Waals surface area contributed by atoms with Crippen molar-refractivity contribution in [2.24, 2.45) is 0 Å². The van der Waals surface area contributed by atoms with E-state index >= 15 is 0 Å². The van der Waals surface area contributed by atoms with Crippen LogP contribution < -0.4 is 5.32 Å². The molecule has 2 rings (SSSR count). The molecule has 0 fully saturated rings. The summed E-state index contributed by atoms with van der Waals surface area (Å²) in [7, 11) is 0. The Morgan fingerprint density at radius 2 is 2.32 bits per heavy atom. The normalized spacial score (nSPS) is 10.4. The van der Waals surface area contributed by atoms with E-state index < -0.39 is 11.9 Å². The molecule has 2 N–H and O–H groups in total. The molecule has 2 aromatic rings. The lowest BCUT2D eigenvalue weighted by Gasteiger charge is -1.99. The Bertz CT molecular complexity index is 606. The summed E-state index contributed by atoms with van der Waals surface area (Å²) in [5.74, 6) is -1.46. The molecular formula is C10H11N5O3S. The number of hydrogen-bond acceptors (Lipinski definition) is 6. The molecule has 2 aromatic heterocycles. The molecule has 0 aliphatic rings. The lowest BCUT2D eigenvalue weighted by Crippen LogP contribution is -2.23. The standard InChI is InChI=1S/C10H11N5O3S/c1-6-12-7(5-19-6)2-11-10(18)8-3-15(14-13-8)4-9(16)17/h3,5H,2,4H2,1H3,(H,11,18)(H,16,17). The van der Waals surface area contributed by atoms with Gasteiger partial charge in [-0.3, -0.25) is 9.59 Å². The second-order valence-corrected chi connectivity index (χ2v) is 4.80. The average Bonchev–Trinajstić information content (AvgIpc) is 2.95. The van der Waals surface area contributed by atoms with Crippen LogP contribution >= 0.6 is 11.3 Å². The Morgan fingerprint density at radius 1 is 1.53 bits per heavy atom. The molecule has 0 atom stereocenters. The first-order valence-corrected chi connectivity index (χ1v) is 6.23. The van der Waals surface area contributed by atoms with Gasteiger partial charge in [0.15, 0.2) is 5.69 Å². The largest absolute Gasteiger partial charge is 0.480 e. The van der Waals surface area contributed by atoms with Crippen molar-refractivity contribution in [2.45, 2.75) is 20.0 Å². The minimum absolute atomic E-state index is 0.0770. The molecule has 100 valence electrons. The maximum atomic E-state index is 11.7. The number of carboxylic acid groups (broad SMARTS) is 1. The highest BCUT2D eigenvalue weighted by Gasteiger charge is 2.12. The highest BCUT2D eigenvalue weighted by Crippen LogP contribution is 2.07. The third-order valence-electron chi connectivity index (χ3n) is 2.17. The molecule has 1 amide bonds. The first-order chi connectivity index (χ1) is 9.04. The van der Waals surface area contributed by atoms with E-state index in [1.807, 2.05) is 12.3 Å². The minimum Gasteiger partial charge on any atom is -0.480 e. The molecule has 0 bridgehead atoms. The van der Waals surface area contributed by atoms with Crippen molar-refractivity contribution in [1.29, 1.82) is 0 Å². The number of amides is 1. The van der Waals surface area contributed by atoms with Gasteiger partial charge < -0.3 is 10.4 Å². The van der Waals surface area contributed by atoms with Crippen molar-refractivity contribution in [3.63, 3.8) is 0 Å². The van der Waals surface area contributed by atoms with Gasteiger partial charge in [-0.2, -0.15) is 0 Å². The van der Waals surface area contributed by atoms with E-state index in [0.717, 1.165) is 15.4 Å². The molecule has 2 heterocycles. The number of carbonyl (C=O) groups excluding carboxylic acids is 1. The van der Waals surface area contributed by atoms with Crippen molar-refractivity contribution in [1.82, 2.24) is 25.3 Å². The second kappa shape index (κ2) is 5.57. The summed E-state index contributed by atoms with van der Waals surface area (Å²) < 4.78 is 1.09. The molecule has 0 aliphatic heterocycles. The van der Waals surface area contributed by atoms with Crippen LogP contribution in [0.2, 0.25) is 0 Å². The third-order valence-corrected chi connectivity index (χ3v) is 2.99. The lowest BCUT2D eigenvalue weighted by molar-refractivity contribution is -0.137. The summed E-state index contributed by atoms with van der Waals surface area (Å²) >= 11 is 1.50. The molecular weight excluding hydrogens is 270 g/mol. The fourth-order valence-electron chi connectivity index (χ4n) is 1.37. The maximum Gasteiger partial charge on any atom is 0.325 e. The number of aliphatic carboxylic acids is 1. The van der Waals surface area contributed by atoms with Crippen LogP contribution in [0.3, 0.4) is 0 Å².